The zero-order valence-corrected chi connectivity index (χ0v) is 19.1. The number of nitrogen functional groups attached to an aromatic ring is 1. The van der Waals surface area contributed by atoms with Crippen LogP contribution < -0.4 is 21.0 Å². The predicted octanol–water partition coefficient (Wildman–Crippen LogP) is 3.82. The van der Waals surface area contributed by atoms with Crippen molar-refractivity contribution in [3.05, 3.63) is 79.0 Å². The molecule has 30 heavy (non-hydrogen) atoms. The van der Waals surface area contributed by atoms with Crippen molar-refractivity contribution >= 4 is 30.2 Å². The van der Waals surface area contributed by atoms with Crippen LogP contribution in [0.3, 0.4) is 0 Å². The summed E-state index contributed by atoms with van der Waals surface area (Å²) in [7, 11) is -2.52. The Bertz CT molecular complexity index is 916. The number of hydrogen-bond acceptors (Lipinski definition) is 4. The minimum atomic E-state index is -2.52. The first-order valence-corrected chi connectivity index (χ1v) is 12.6. The average Bonchev–Trinajstić information content (AvgIpc) is 3.21. The first-order chi connectivity index (χ1) is 14.4. The van der Waals surface area contributed by atoms with Crippen LogP contribution in [0.5, 0.6) is 0 Å². The second-order valence-electron chi connectivity index (χ2n) is 9.09. The molecule has 2 aromatic carbocycles. The molecule has 0 radical (unpaired) electrons. The Hall–Kier alpha value is -2.63. The van der Waals surface area contributed by atoms with Crippen molar-refractivity contribution in [3.8, 4) is 0 Å². The Labute approximate surface area is 180 Å². The van der Waals surface area contributed by atoms with E-state index in [1.54, 1.807) is 6.20 Å². The minimum Gasteiger partial charge on any atom is -0.403 e. The van der Waals surface area contributed by atoms with Crippen molar-refractivity contribution in [1.82, 2.24) is 4.98 Å². The van der Waals surface area contributed by atoms with Crippen molar-refractivity contribution in [2.45, 2.75) is 38.3 Å². The Kier molecular flexibility index (Phi) is 5.67. The van der Waals surface area contributed by atoms with Crippen LogP contribution in [0.15, 0.2) is 79.0 Å². The molecule has 1 fully saturated rings. The van der Waals surface area contributed by atoms with Crippen molar-refractivity contribution in [2.24, 2.45) is 0 Å². The maximum absolute atomic E-state index is 7.26. The van der Waals surface area contributed by atoms with Gasteiger partial charge in [-0.2, -0.15) is 0 Å². The van der Waals surface area contributed by atoms with Crippen LogP contribution in [0.4, 0.5) is 11.5 Å². The lowest BCUT2D eigenvalue weighted by Gasteiger charge is -2.44. The van der Waals surface area contributed by atoms with Gasteiger partial charge in [-0.25, -0.2) is 4.98 Å². The third kappa shape index (κ3) is 3.87. The highest BCUT2D eigenvalue weighted by Crippen LogP contribution is 2.38. The van der Waals surface area contributed by atoms with Crippen LogP contribution >= 0.6 is 0 Å². The van der Waals surface area contributed by atoms with E-state index in [0.717, 1.165) is 25.3 Å². The molecule has 1 aliphatic rings. The topological polar surface area (TPSA) is 51.4 Å². The third-order valence-electron chi connectivity index (χ3n) is 6.00. The Morgan fingerprint density at radius 3 is 2.03 bits per heavy atom. The molecule has 5 heteroatoms. The first kappa shape index (κ1) is 20.6. The summed E-state index contributed by atoms with van der Waals surface area (Å²) in [5, 5.41) is 2.64. The summed E-state index contributed by atoms with van der Waals surface area (Å²) in [5.74, 6) is 0.970. The van der Waals surface area contributed by atoms with Gasteiger partial charge in [0.1, 0.15) is 5.82 Å². The number of anilines is 2. The van der Waals surface area contributed by atoms with Crippen molar-refractivity contribution in [3.63, 3.8) is 0 Å². The lowest BCUT2D eigenvalue weighted by Crippen LogP contribution is -2.67. The zero-order valence-electron chi connectivity index (χ0n) is 18.1. The molecule has 0 saturated carbocycles. The normalized spacial score (nSPS) is 17.3. The molecule has 0 bridgehead atoms. The number of hydrogen-bond donors (Lipinski definition) is 1. The SMILES string of the molecule is CC(C)(C)[Si](OC1CCN(c2ccc(N)cn2)C1)(c1ccccc1)c1ccccc1. The van der Waals surface area contributed by atoms with Gasteiger partial charge in [-0.1, -0.05) is 81.4 Å². The number of benzene rings is 2. The lowest BCUT2D eigenvalue weighted by molar-refractivity contribution is 0.209. The van der Waals surface area contributed by atoms with Gasteiger partial charge < -0.3 is 15.1 Å². The Morgan fingerprint density at radius 1 is 0.933 bits per heavy atom. The summed E-state index contributed by atoms with van der Waals surface area (Å²) >= 11 is 0. The van der Waals surface area contributed by atoms with E-state index in [0.29, 0.717) is 5.69 Å². The van der Waals surface area contributed by atoms with Gasteiger partial charge in [0.15, 0.2) is 0 Å². The molecule has 156 valence electrons. The molecule has 4 nitrogen and oxygen atoms in total. The van der Waals surface area contributed by atoms with Crippen LogP contribution in [0.1, 0.15) is 27.2 Å². The third-order valence-corrected chi connectivity index (χ3v) is 11.1. The maximum atomic E-state index is 7.26. The summed E-state index contributed by atoms with van der Waals surface area (Å²) in [6, 6.07) is 25.6. The molecule has 1 aliphatic heterocycles. The lowest BCUT2D eigenvalue weighted by atomic mass is 10.2. The van der Waals surface area contributed by atoms with E-state index >= 15 is 0 Å². The van der Waals surface area contributed by atoms with Gasteiger partial charge in [-0.3, -0.25) is 0 Å². The van der Waals surface area contributed by atoms with E-state index in [1.807, 2.05) is 12.1 Å². The van der Waals surface area contributed by atoms with Gasteiger partial charge >= 0.3 is 0 Å². The smallest absolute Gasteiger partial charge is 0.261 e. The van der Waals surface area contributed by atoms with Crippen LogP contribution in [-0.4, -0.2) is 32.5 Å². The highest BCUT2D eigenvalue weighted by molar-refractivity contribution is 6.99. The summed E-state index contributed by atoms with van der Waals surface area (Å²) in [4.78, 5) is 6.82. The molecule has 1 atom stereocenters. The first-order valence-electron chi connectivity index (χ1n) is 10.7. The second kappa shape index (κ2) is 8.24. The van der Waals surface area contributed by atoms with Crippen molar-refractivity contribution in [1.29, 1.82) is 0 Å². The van der Waals surface area contributed by atoms with E-state index in [4.69, 9.17) is 10.2 Å². The summed E-state index contributed by atoms with van der Waals surface area (Å²) in [6.07, 6.45) is 2.89. The van der Waals surface area contributed by atoms with Crippen LogP contribution in [0.25, 0.3) is 0 Å². The summed E-state index contributed by atoms with van der Waals surface area (Å²) < 4.78 is 7.26. The summed E-state index contributed by atoms with van der Waals surface area (Å²) in [6.45, 7) is 8.77. The average molecular weight is 418 g/mol. The minimum absolute atomic E-state index is 0.0113. The molecule has 1 aromatic heterocycles. The molecule has 1 unspecified atom stereocenters. The van der Waals surface area contributed by atoms with Crippen LogP contribution in [0, 0.1) is 0 Å². The molecule has 2 N–H and O–H groups in total. The quantitative estimate of drug-likeness (QED) is 0.641. The fraction of sp³-hybridized carbons (Fsp3) is 0.320. The molecule has 0 aliphatic carbocycles. The van der Waals surface area contributed by atoms with E-state index < -0.39 is 8.32 Å². The van der Waals surface area contributed by atoms with Crippen LogP contribution in [0.2, 0.25) is 5.04 Å². The number of aromatic nitrogens is 1. The van der Waals surface area contributed by atoms with Crippen molar-refractivity contribution < 1.29 is 4.43 Å². The number of pyridine rings is 1. The second-order valence-corrected chi connectivity index (χ2v) is 13.3. The van der Waals surface area contributed by atoms with Gasteiger partial charge in [-0.15, -0.1) is 0 Å². The van der Waals surface area contributed by atoms with Crippen molar-refractivity contribution in [2.75, 3.05) is 23.7 Å². The highest BCUT2D eigenvalue weighted by Gasteiger charge is 2.52. The highest BCUT2D eigenvalue weighted by atomic mass is 28.4. The number of nitrogens with two attached hydrogens (primary N) is 1. The molecular weight excluding hydrogens is 386 g/mol. The zero-order chi connectivity index (χ0) is 21.2. The van der Waals surface area contributed by atoms with Gasteiger partial charge in [0.25, 0.3) is 8.32 Å². The van der Waals surface area contributed by atoms with Gasteiger partial charge in [0.05, 0.1) is 18.0 Å². The van der Waals surface area contributed by atoms with E-state index in [1.165, 1.54) is 10.4 Å². The fourth-order valence-corrected chi connectivity index (χ4v) is 9.27. The molecule has 0 amide bonds. The molecule has 0 spiro atoms. The van der Waals surface area contributed by atoms with Gasteiger partial charge in [0.2, 0.25) is 0 Å². The fourth-order valence-electron chi connectivity index (χ4n) is 4.56. The molecule has 4 rings (SSSR count). The van der Waals surface area contributed by atoms with Gasteiger partial charge in [-0.05, 0) is 34.0 Å². The monoisotopic (exact) mass is 417 g/mol. The Balaban J connectivity index is 1.70. The molecular formula is C25H31N3OSi. The predicted molar refractivity (Wildman–Crippen MR) is 128 cm³/mol. The standard InChI is InChI=1S/C25H31N3OSi/c1-25(2,3)30(22-10-6-4-7-11-22,23-12-8-5-9-13-23)29-21-16-17-28(19-21)24-15-14-20(26)18-27-24/h4-15,18,21H,16-17,19,26H2,1-3H3. The molecule has 3 aromatic rings. The van der Waals surface area contributed by atoms with E-state index in [9.17, 15) is 0 Å². The largest absolute Gasteiger partial charge is 0.403 e. The number of rotatable bonds is 5. The van der Waals surface area contributed by atoms with Gasteiger partial charge in [0, 0.05) is 13.1 Å². The van der Waals surface area contributed by atoms with E-state index in [2.05, 4.69) is 91.3 Å². The maximum Gasteiger partial charge on any atom is 0.261 e. The number of nitrogens with zero attached hydrogens (tertiary/aromatic N) is 2. The molecule has 1 saturated heterocycles. The molecule has 2 heterocycles. The van der Waals surface area contributed by atoms with Crippen LogP contribution in [-0.2, 0) is 4.43 Å². The summed E-state index contributed by atoms with van der Waals surface area (Å²) in [5.41, 5.74) is 6.51. The van der Waals surface area contributed by atoms with E-state index in [-0.39, 0.29) is 11.1 Å². The Morgan fingerprint density at radius 2 is 1.53 bits per heavy atom.